The van der Waals surface area contributed by atoms with Gasteiger partial charge in [0.15, 0.2) is 0 Å². The summed E-state index contributed by atoms with van der Waals surface area (Å²) < 4.78 is 0. The molecule has 0 saturated carbocycles. The third-order valence-electron chi connectivity index (χ3n) is 2.87. The fourth-order valence-corrected chi connectivity index (χ4v) is 2.04. The summed E-state index contributed by atoms with van der Waals surface area (Å²) in [7, 11) is 0. The van der Waals surface area contributed by atoms with Crippen LogP contribution in [-0.4, -0.2) is 41.5 Å². The Bertz CT molecular complexity index is 152. The summed E-state index contributed by atoms with van der Waals surface area (Å²) in [6.07, 6.45) is 1.01. The molecule has 2 nitrogen and oxygen atoms in total. The van der Waals surface area contributed by atoms with E-state index in [1.807, 2.05) is 6.92 Å². The second-order valence-corrected chi connectivity index (χ2v) is 4.70. The highest BCUT2D eigenvalue weighted by atomic mass is 32.1. The van der Waals surface area contributed by atoms with Crippen molar-refractivity contribution in [1.82, 2.24) is 4.90 Å². The molecule has 1 N–H and O–H groups in total. The molecular formula is C10H21NOS. The summed E-state index contributed by atoms with van der Waals surface area (Å²) in [6, 6.07) is 0. The molecule has 1 fully saturated rings. The number of aliphatic hydroxyl groups excluding tert-OH is 1. The topological polar surface area (TPSA) is 23.5 Å². The van der Waals surface area contributed by atoms with Crippen LogP contribution >= 0.6 is 12.6 Å². The molecule has 0 bridgehead atoms. The second kappa shape index (κ2) is 5.23. The molecule has 0 radical (unpaired) electrons. The van der Waals surface area contributed by atoms with Crippen molar-refractivity contribution >= 4 is 12.6 Å². The van der Waals surface area contributed by atoms with Gasteiger partial charge in [0.2, 0.25) is 0 Å². The number of thiol groups is 1. The fraction of sp³-hybridized carbons (Fsp3) is 1.00. The van der Waals surface area contributed by atoms with Crippen LogP contribution in [0.1, 0.15) is 20.3 Å². The summed E-state index contributed by atoms with van der Waals surface area (Å²) >= 11 is 4.28. The molecule has 1 rings (SSSR count). The molecule has 0 aromatic rings. The van der Waals surface area contributed by atoms with E-state index in [0.29, 0.717) is 11.8 Å². The molecule has 0 aromatic carbocycles. The van der Waals surface area contributed by atoms with Crippen molar-refractivity contribution in [3.05, 3.63) is 0 Å². The van der Waals surface area contributed by atoms with Crippen molar-refractivity contribution in [3.8, 4) is 0 Å². The van der Waals surface area contributed by atoms with E-state index in [1.165, 1.54) is 0 Å². The molecular weight excluding hydrogens is 182 g/mol. The van der Waals surface area contributed by atoms with Crippen molar-refractivity contribution in [2.24, 2.45) is 11.8 Å². The van der Waals surface area contributed by atoms with E-state index >= 15 is 0 Å². The Morgan fingerprint density at radius 2 is 2.23 bits per heavy atom. The van der Waals surface area contributed by atoms with E-state index in [1.54, 1.807) is 0 Å². The van der Waals surface area contributed by atoms with Gasteiger partial charge < -0.3 is 10.0 Å². The van der Waals surface area contributed by atoms with Crippen LogP contribution in [0.5, 0.6) is 0 Å². The molecule has 0 aliphatic carbocycles. The molecule has 13 heavy (non-hydrogen) atoms. The van der Waals surface area contributed by atoms with Gasteiger partial charge in [0.25, 0.3) is 0 Å². The summed E-state index contributed by atoms with van der Waals surface area (Å²) in [5.41, 5.74) is 0. The summed E-state index contributed by atoms with van der Waals surface area (Å²) in [6.45, 7) is 7.47. The fourth-order valence-electron chi connectivity index (χ4n) is 1.92. The lowest BCUT2D eigenvalue weighted by Crippen LogP contribution is -2.28. The largest absolute Gasteiger partial charge is 0.393 e. The van der Waals surface area contributed by atoms with Crippen molar-refractivity contribution in [2.45, 2.75) is 26.4 Å². The minimum atomic E-state index is -0.142. The average molecular weight is 203 g/mol. The number of likely N-dealkylation sites (tertiary alicyclic amines) is 1. The molecule has 3 atom stereocenters. The molecule has 1 aliphatic heterocycles. The highest BCUT2D eigenvalue weighted by molar-refractivity contribution is 7.80. The smallest absolute Gasteiger partial charge is 0.0552 e. The normalized spacial score (nSPS) is 29.1. The Hall–Kier alpha value is 0.270. The molecule has 0 spiro atoms. The van der Waals surface area contributed by atoms with Crippen molar-refractivity contribution in [3.63, 3.8) is 0 Å². The first kappa shape index (κ1) is 11.3. The van der Waals surface area contributed by atoms with E-state index < -0.39 is 0 Å². The summed E-state index contributed by atoms with van der Waals surface area (Å²) in [4.78, 5) is 2.44. The molecule has 1 heterocycles. The van der Waals surface area contributed by atoms with Crippen molar-refractivity contribution < 1.29 is 5.11 Å². The predicted molar refractivity (Wildman–Crippen MR) is 59.2 cm³/mol. The van der Waals surface area contributed by atoms with Crippen LogP contribution in [-0.2, 0) is 0 Å². The summed E-state index contributed by atoms with van der Waals surface area (Å²) in [5, 5.41) is 9.42. The summed E-state index contributed by atoms with van der Waals surface area (Å²) in [5.74, 6) is 2.11. The van der Waals surface area contributed by atoms with Gasteiger partial charge >= 0.3 is 0 Å². The van der Waals surface area contributed by atoms with E-state index in [9.17, 15) is 5.11 Å². The lowest BCUT2D eigenvalue weighted by Gasteiger charge is -2.20. The predicted octanol–water partition coefficient (Wildman–Crippen LogP) is 1.25. The van der Waals surface area contributed by atoms with Gasteiger partial charge in [0, 0.05) is 13.1 Å². The Kier molecular flexibility index (Phi) is 4.56. The quantitative estimate of drug-likeness (QED) is 0.672. The lowest BCUT2D eigenvalue weighted by molar-refractivity contribution is 0.126. The van der Waals surface area contributed by atoms with Crippen molar-refractivity contribution in [1.29, 1.82) is 0 Å². The molecule has 3 heteroatoms. The lowest BCUT2D eigenvalue weighted by atomic mass is 10.0. The third-order valence-corrected chi connectivity index (χ3v) is 3.50. The molecule has 0 aromatic heterocycles. The van der Waals surface area contributed by atoms with Gasteiger partial charge in [0.05, 0.1) is 6.10 Å². The average Bonchev–Trinajstić information content (AvgIpc) is 2.52. The van der Waals surface area contributed by atoms with E-state index in [0.717, 1.165) is 31.8 Å². The number of aliphatic hydroxyl groups is 1. The first-order valence-electron chi connectivity index (χ1n) is 5.14. The zero-order chi connectivity index (χ0) is 9.84. The van der Waals surface area contributed by atoms with Gasteiger partial charge in [-0.1, -0.05) is 6.92 Å². The maximum Gasteiger partial charge on any atom is 0.0552 e. The van der Waals surface area contributed by atoms with E-state index in [2.05, 4.69) is 24.5 Å². The van der Waals surface area contributed by atoms with Crippen LogP contribution in [0.2, 0.25) is 0 Å². The minimum absolute atomic E-state index is 0.142. The van der Waals surface area contributed by atoms with Crippen LogP contribution in [0.15, 0.2) is 0 Å². The van der Waals surface area contributed by atoms with Gasteiger partial charge in [-0.15, -0.1) is 0 Å². The maximum absolute atomic E-state index is 9.42. The van der Waals surface area contributed by atoms with Crippen LogP contribution in [0.25, 0.3) is 0 Å². The molecule has 1 aliphatic rings. The van der Waals surface area contributed by atoms with Gasteiger partial charge in [-0.25, -0.2) is 0 Å². The van der Waals surface area contributed by atoms with Crippen LogP contribution in [0.4, 0.5) is 0 Å². The molecule has 3 unspecified atom stereocenters. The van der Waals surface area contributed by atoms with Crippen LogP contribution < -0.4 is 0 Å². The Morgan fingerprint density at radius 3 is 2.69 bits per heavy atom. The van der Waals surface area contributed by atoms with Gasteiger partial charge in [-0.05, 0) is 37.5 Å². The number of nitrogens with zero attached hydrogens (tertiary/aromatic N) is 1. The van der Waals surface area contributed by atoms with Crippen molar-refractivity contribution in [2.75, 3.05) is 25.4 Å². The van der Waals surface area contributed by atoms with Crippen LogP contribution in [0, 0.1) is 11.8 Å². The van der Waals surface area contributed by atoms with Gasteiger partial charge in [-0.2, -0.15) is 12.6 Å². The van der Waals surface area contributed by atoms with Crippen LogP contribution in [0.3, 0.4) is 0 Å². The Balaban J connectivity index is 2.25. The second-order valence-electron chi connectivity index (χ2n) is 4.34. The highest BCUT2D eigenvalue weighted by Crippen LogP contribution is 2.20. The molecule has 1 saturated heterocycles. The van der Waals surface area contributed by atoms with Gasteiger partial charge in [0.1, 0.15) is 0 Å². The minimum Gasteiger partial charge on any atom is -0.393 e. The zero-order valence-corrected chi connectivity index (χ0v) is 9.50. The number of rotatable bonds is 4. The molecule has 0 amide bonds. The monoisotopic (exact) mass is 203 g/mol. The van der Waals surface area contributed by atoms with E-state index in [4.69, 9.17) is 0 Å². The number of hydrogen-bond donors (Lipinski definition) is 2. The Labute approximate surface area is 86.7 Å². The SMILES string of the molecule is CC(CS)CN1CCC(C(C)O)C1. The maximum atomic E-state index is 9.42. The van der Waals surface area contributed by atoms with Gasteiger partial charge in [-0.3, -0.25) is 0 Å². The third kappa shape index (κ3) is 3.49. The first-order valence-corrected chi connectivity index (χ1v) is 5.78. The zero-order valence-electron chi connectivity index (χ0n) is 8.61. The first-order chi connectivity index (χ1) is 6.13. The highest BCUT2D eigenvalue weighted by Gasteiger charge is 2.26. The Morgan fingerprint density at radius 1 is 1.54 bits per heavy atom. The molecule has 78 valence electrons. The standard InChI is InChI=1S/C10H21NOS/c1-8(7-13)5-11-4-3-10(6-11)9(2)12/h8-10,12-13H,3-7H2,1-2H3. The number of hydrogen-bond acceptors (Lipinski definition) is 3. The van der Waals surface area contributed by atoms with E-state index in [-0.39, 0.29) is 6.10 Å².